The minimum atomic E-state index is -4.74. The molecule has 1 aromatic heterocycles. The van der Waals surface area contributed by atoms with Gasteiger partial charge in [0.2, 0.25) is 0 Å². The molecule has 3 N–H and O–H groups in total. The summed E-state index contributed by atoms with van der Waals surface area (Å²) in [7, 11) is 0. The van der Waals surface area contributed by atoms with Gasteiger partial charge in [0.15, 0.2) is 0 Å². The molecule has 90 valence electrons. The van der Waals surface area contributed by atoms with E-state index in [0.717, 1.165) is 6.07 Å². The number of nitrogens with one attached hydrogen (secondary N) is 2. The Bertz CT molecular complexity index is 699. The number of aromatic hydroxyl groups is 1. The quantitative estimate of drug-likeness (QED) is 0.604. The van der Waals surface area contributed by atoms with E-state index < -0.39 is 28.6 Å². The van der Waals surface area contributed by atoms with E-state index in [-0.39, 0.29) is 11.0 Å². The van der Waals surface area contributed by atoms with Crippen LogP contribution in [0.5, 0.6) is 5.75 Å². The summed E-state index contributed by atoms with van der Waals surface area (Å²) >= 11 is 0. The van der Waals surface area contributed by atoms with Crippen molar-refractivity contribution in [1.29, 1.82) is 0 Å². The smallest absolute Gasteiger partial charge is 0.420 e. The number of H-pyrrole nitrogens is 2. The van der Waals surface area contributed by atoms with E-state index in [1.165, 1.54) is 0 Å². The van der Waals surface area contributed by atoms with Gasteiger partial charge in [-0.15, -0.1) is 0 Å². The Balaban J connectivity index is 2.86. The molecule has 0 aliphatic carbocycles. The first-order valence-corrected chi connectivity index (χ1v) is 4.35. The van der Waals surface area contributed by atoms with Gasteiger partial charge in [-0.1, -0.05) is 0 Å². The minimum Gasteiger partial charge on any atom is -0.507 e. The molecule has 0 saturated heterocycles. The first-order valence-electron chi connectivity index (χ1n) is 4.35. The van der Waals surface area contributed by atoms with E-state index in [1.54, 1.807) is 0 Å². The number of phenolic OH excluding ortho intramolecular Hbond substituents is 1. The van der Waals surface area contributed by atoms with E-state index in [1.807, 2.05) is 4.98 Å². The number of fused-ring (bicyclic) bond motifs is 1. The summed E-state index contributed by atoms with van der Waals surface area (Å²) in [5.74, 6) is -1.02. The second kappa shape index (κ2) is 3.37. The Morgan fingerprint density at radius 1 is 1.00 bits per heavy atom. The first kappa shape index (κ1) is 11.2. The normalized spacial score (nSPS) is 11.9. The fraction of sp³-hybridized carbons (Fsp3) is 0.111. The lowest BCUT2D eigenvalue weighted by Gasteiger charge is -2.09. The molecule has 0 spiro atoms. The van der Waals surface area contributed by atoms with E-state index >= 15 is 0 Å². The molecule has 2 aromatic rings. The van der Waals surface area contributed by atoms with Crippen molar-refractivity contribution >= 4 is 11.0 Å². The van der Waals surface area contributed by atoms with Gasteiger partial charge in [0.25, 0.3) is 0 Å². The summed E-state index contributed by atoms with van der Waals surface area (Å²) in [6.45, 7) is 0. The Labute approximate surface area is 90.5 Å². The fourth-order valence-corrected chi connectivity index (χ4v) is 1.38. The number of hydrogen-bond donors (Lipinski definition) is 3. The van der Waals surface area contributed by atoms with Crippen LogP contribution in [0.2, 0.25) is 0 Å². The molecule has 0 atom stereocenters. The number of aromatic nitrogens is 2. The summed E-state index contributed by atoms with van der Waals surface area (Å²) < 4.78 is 37.3. The second-order valence-corrected chi connectivity index (χ2v) is 3.32. The van der Waals surface area contributed by atoms with Gasteiger partial charge in [-0.2, -0.15) is 13.2 Å². The zero-order valence-corrected chi connectivity index (χ0v) is 8.05. The van der Waals surface area contributed by atoms with Crippen molar-refractivity contribution < 1.29 is 18.3 Å². The summed E-state index contributed by atoms with van der Waals surface area (Å²) in [6.07, 6.45) is -4.74. The van der Waals surface area contributed by atoms with Crippen LogP contribution in [0.4, 0.5) is 13.2 Å². The standard InChI is InChI=1S/C9H5F3N2O3/c10-9(11,12)3-1-4-5(2-6(3)15)14-8(17)7(16)13-4/h1-2,15H,(H,13,16)(H,14,17). The third-order valence-corrected chi connectivity index (χ3v) is 2.14. The molecule has 17 heavy (non-hydrogen) atoms. The zero-order chi connectivity index (χ0) is 12.8. The summed E-state index contributed by atoms with van der Waals surface area (Å²) in [5.41, 5.74) is -3.64. The molecule has 0 unspecified atom stereocenters. The highest BCUT2D eigenvalue weighted by atomic mass is 19.4. The predicted octanol–water partition coefficient (Wildman–Crippen LogP) is 0.941. The largest absolute Gasteiger partial charge is 0.507 e. The molecule has 0 aliphatic rings. The number of hydrogen-bond acceptors (Lipinski definition) is 3. The molecule has 5 nitrogen and oxygen atoms in total. The minimum absolute atomic E-state index is 0.0832. The van der Waals surface area contributed by atoms with Gasteiger partial charge in [-0.25, -0.2) is 0 Å². The van der Waals surface area contributed by atoms with Crippen LogP contribution in [0.15, 0.2) is 21.7 Å². The lowest BCUT2D eigenvalue weighted by molar-refractivity contribution is -0.138. The van der Waals surface area contributed by atoms with Crippen molar-refractivity contribution in [1.82, 2.24) is 9.97 Å². The van der Waals surface area contributed by atoms with Crippen molar-refractivity contribution in [3.05, 3.63) is 38.4 Å². The summed E-state index contributed by atoms with van der Waals surface area (Å²) in [5, 5.41) is 9.17. The number of aromatic amines is 2. The Hall–Kier alpha value is -2.25. The van der Waals surface area contributed by atoms with Crippen molar-refractivity contribution in [2.45, 2.75) is 6.18 Å². The molecule has 2 rings (SSSR count). The number of phenols is 1. The van der Waals surface area contributed by atoms with Crippen molar-refractivity contribution in [3.63, 3.8) is 0 Å². The topological polar surface area (TPSA) is 85.9 Å². The number of halogens is 3. The molecular weight excluding hydrogens is 241 g/mol. The third kappa shape index (κ3) is 1.88. The van der Waals surface area contributed by atoms with E-state index in [2.05, 4.69) is 4.98 Å². The van der Waals surface area contributed by atoms with Gasteiger partial charge in [0.05, 0.1) is 16.6 Å². The van der Waals surface area contributed by atoms with Crippen LogP contribution < -0.4 is 11.1 Å². The highest BCUT2D eigenvalue weighted by Gasteiger charge is 2.34. The maximum atomic E-state index is 12.4. The van der Waals surface area contributed by atoms with Gasteiger partial charge in [0, 0.05) is 6.07 Å². The Morgan fingerprint density at radius 3 is 1.94 bits per heavy atom. The van der Waals surface area contributed by atoms with Gasteiger partial charge >= 0.3 is 17.3 Å². The van der Waals surface area contributed by atoms with Gasteiger partial charge in [-0.05, 0) is 6.07 Å². The van der Waals surface area contributed by atoms with Crippen LogP contribution in [0.3, 0.4) is 0 Å². The number of benzene rings is 1. The monoisotopic (exact) mass is 246 g/mol. The third-order valence-electron chi connectivity index (χ3n) is 2.14. The van der Waals surface area contributed by atoms with E-state index in [9.17, 15) is 27.9 Å². The van der Waals surface area contributed by atoms with E-state index in [4.69, 9.17) is 0 Å². The van der Waals surface area contributed by atoms with Crippen LogP contribution in [0.1, 0.15) is 5.56 Å². The number of rotatable bonds is 0. The molecule has 0 aliphatic heterocycles. The number of alkyl halides is 3. The van der Waals surface area contributed by atoms with Crippen LogP contribution in [0.25, 0.3) is 11.0 Å². The molecule has 0 amide bonds. The fourth-order valence-electron chi connectivity index (χ4n) is 1.38. The predicted molar refractivity (Wildman–Crippen MR) is 51.9 cm³/mol. The van der Waals surface area contributed by atoms with Gasteiger partial charge < -0.3 is 15.1 Å². The lowest BCUT2D eigenvalue weighted by Crippen LogP contribution is -2.29. The van der Waals surface area contributed by atoms with Crippen molar-refractivity contribution in [2.75, 3.05) is 0 Å². The van der Waals surface area contributed by atoms with Crippen LogP contribution >= 0.6 is 0 Å². The second-order valence-electron chi connectivity index (χ2n) is 3.32. The zero-order valence-electron chi connectivity index (χ0n) is 8.05. The van der Waals surface area contributed by atoms with Crippen molar-refractivity contribution in [3.8, 4) is 5.75 Å². The van der Waals surface area contributed by atoms with E-state index in [0.29, 0.717) is 6.07 Å². The average Bonchev–Trinajstić information content (AvgIpc) is 2.18. The highest BCUT2D eigenvalue weighted by molar-refractivity contribution is 5.77. The Morgan fingerprint density at radius 2 is 1.47 bits per heavy atom. The Kier molecular flexibility index (Phi) is 2.23. The first-order chi connectivity index (χ1) is 7.79. The summed E-state index contributed by atoms with van der Waals surface area (Å²) in [6, 6.07) is 1.29. The molecule has 0 radical (unpaired) electrons. The van der Waals surface area contributed by atoms with Crippen molar-refractivity contribution in [2.24, 2.45) is 0 Å². The average molecular weight is 246 g/mol. The molecule has 1 aromatic carbocycles. The SMILES string of the molecule is O=c1[nH]c2cc(O)c(C(F)(F)F)cc2[nH]c1=O. The summed E-state index contributed by atoms with van der Waals surface area (Å²) in [4.78, 5) is 25.9. The molecule has 0 bridgehead atoms. The van der Waals surface area contributed by atoms with Crippen LogP contribution in [-0.2, 0) is 6.18 Å². The molecule has 0 fully saturated rings. The molecule has 8 heteroatoms. The highest BCUT2D eigenvalue weighted by Crippen LogP contribution is 2.36. The van der Waals surface area contributed by atoms with Crippen LogP contribution in [0, 0.1) is 0 Å². The maximum Gasteiger partial charge on any atom is 0.420 e. The van der Waals surface area contributed by atoms with Gasteiger partial charge in [0.1, 0.15) is 5.75 Å². The molecule has 1 heterocycles. The maximum absolute atomic E-state index is 12.4. The lowest BCUT2D eigenvalue weighted by atomic mass is 10.1. The molecular formula is C9H5F3N2O3. The van der Waals surface area contributed by atoms with Gasteiger partial charge in [-0.3, -0.25) is 9.59 Å². The van der Waals surface area contributed by atoms with Crippen LogP contribution in [-0.4, -0.2) is 15.1 Å². The molecule has 0 saturated carbocycles.